The number of pyridine rings is 1. The molecule has 0 amide bonds. The highest BCUT2D eigenvalue weighted by atomic mass is 79.9. The second-order valence-electron chi connectivity index (χ2n) is 11.0. The predicted molar refractivity (Wildman–Crippen MR) is 126 cm³/mol. The first-order valence-electron chi connectivity index (χ1n) is 11.7. The molecule has 0 radical (unpaired) electrons. The first-order chi connectivity index (χ1) is 15.9. The number of hydrogen-bond acceptors (Lipinski definition) is 7. The van der Waals surface area contributed by atoms with Crippen LogP contribution in [0.4, 0.5) is 0 Å². The summed E-state index contributed by atoms with van der Waals surface area (Å²) in [6.07, 6.45) is 2.66. The minimum atomic E-state index is -2.16. The van der Waals surface area contributed by atoms with Crippen LogP contribution >= 0.6 is 15.9 Å². The van der Waals surface area contributed by atoms with Gasteiger partial charge in [-0.05, 0) is 75.7 Å². The highest BCUT2D eigenvalue weighted by Gasteiger charge is 2.76. The molecule has 0 saturated heterocycles. The maximum Gasteiger partial charge on any atom is 0.358 e. The van der Waals surface area contributed by atoms with Crippen LogP contribution in [0.1, 0.15) is 44.6 Å². The molecule has 3 N–H and O–H groups in total. The number of hydrogen-bond donors (Lipinski definition) is 3. The van der Waals surface area contributed by atoms with E-state index in [1.165, 1.54) is 6.20 Å². The second kappa shape index (κ2) is 7.56. The average Bonchev–Trinajstić information content (AvgIpc) is 3.28. The Balaban J connectivity index is 1.65. The average molecular weight is 532 g/mol. The second-order valence-corrected chi connectivity index (χ2v) is 11.8. The molecule has 2 saturated carbocycles. The Morgan fingerprint density at radius 1 is 1.35 bits per heavy atom. The number of nitrogens with zero attached hydrogens (tertiary/aromatic N) is 1. The van der Waals surface area contributed by atoms with E-state index in [9.17, 15) is 24.9 Å². The summed E-state index contributed by atoms with van der Waals surface area (Å²) in [7, 11) is 0. The van der Waals surface area contributed by atoms with Crippen LogP contribution in [0, 0.1) is 34.5 Å². The van der Waals surface area contributed by atoms with Crippen LogP contribution in [0.2, 0.25) is 0 Å². The summed E-state index contributed by atoms with van der Waals surface area (Å²) in [5, 5.41) is 34.0. The maximum atomic E-state index is 14.3. The van der Waals surface area contributed by atoms with E-state index in [0.29, 0.717) is 16.5 Å². The molecule has 4 aliphatic carbocycles. The first kappa shape index (κ1) is 23.9. The molecule has 4 aliphatic rings. The van der Waals surface area contributed by atoms with Crippen molar-refractivity contribution in [2.45, 2.75) is 51.9 Å². The lowest BCUT2D eigenvalue weighted by atomic mass is 9.59. The normalized spacial score (nSPS) is 41.9. The standard InChI is InChI=1S/C26H30BrNO6/c1-12-10-25-13(2)8-16-18(24(16,3)4)15(21(25)31)9-14(11-29)20(30)26(25,33)22(12)34-23(32)19-17(27)6-5-7-28-19/h5-7,9-10,13,15-16,18,20,22,29-30,33H,8,11H2,1-4H3/t13-,15+,16-,18+,20-,22+,25+,26+/m1/s1. The molecule has 0 unspecified atom stereocenters. The predicted octanol–water partition coefficient (Wildman–Crippen LogP) is 2.84. The van der Waals surface area contributed by atoms with Crippen LogP contribution in [0.15, 0.2) is 46.1 Å². The zero-order valence-corrected chi connectivity index (χ0v) is 21.2. The highest BCUT2D eigenvalue weighted by molar-refractivity contribution is 9.10. The topological polar surface area (TPSA) is 117 Å². The third-order valence-electron chi connectivity index (χ3n) is 9.07. The molecule has 182 valence electrons. The number of ether oxygens (including phenoxy) is 1. The number of Topliss-reactive ketones (excluding diaryl/α,β-unsaturated/α-hetero) is 1. The van der Waals surface area contributed by atoms with Gasteiger partial charge in [0.1, 0.15) is 6.10 Å². The largest absolute Gasteiger partial charge is 0.450 e. The summed E-state index contributed by atoms with van der Waals surface area (Å²) >= 11 is 3.30. The summed E-state index contributed by atoms with van der Waals surface area (Å²) in [4.78, 5) is 31.5. The number of esters is 1. The molecule has 5 rings (SSSR count). The summed E-state index contributed by atoms with van der Waals surface area (Å²) in [6, 6.07) is 3.32. The number of aromatic nitrogens is 1. The van der Waals surface area contributed by atoms with Crippen LogP contribution in [0.3, 0.4) is 0 Å². The first-order valence-corrected chi connectivity index (χ1v) is 12.5. The van der Waals surface area contributed by atoms with Crippen LogP contribution < -0.4 is 0 Å². The zero-order chi connectivity index (χ0) is 24.8. The molecule has 8 heteroatoms. The van der Waals surface area contributed by atoms with E-state index in [1.807, 2.05) is 6.92 Å². The van der Waals surface area contributed by atoms with Gasteiger partial charge in [0.2, 0.25) is 0 Å². The van der Waals surface area contributed by atoms with Gasteiger partial charge < -0.3 is 20.1 Å². The fourth-order valence-electron chi connectivity index (χ4n) is 7.29. The Kier molecular flexibility index (Phi) is 5.31. The van der Waals surface area contributed by atoms with Crippen molar-refractivity contribution in [1.29, 1.82) is 0 Å². The van der Waals surface area contributed by atoms with Gasteiger partial charge in [0.15, 0.2) is 23.2 Å². The van der Waals surface area contributed by atoms with Crippen LogP contribution in [0.5, 0.6) is 0 Å². The van der Waals surface area contributed by atoms with Gasteiger partial charge in [0.05, 0.1) is 16.5 Å². The molecular formula is C26H30BrNO6. The molecule has 7 nitrogen and oxygen atoms in total. The summed E-state index contributed by atoms with van der Waals surface area (Å²) in [6.45, 7) is 7.40. The van der Waals surface area contributed by atoms with Crippen LogP contribution in [0.25, 0.3) is 0 Å². The number of rotatable bonds is 3. The van der Waals surface area contributed by atoms with Gasteiger partial charge in [-0.15, -0.1) is 0 Å². The Morgan fingerprint density at radius 3 is 2.71 bits per heavy atom. The maximum absolute atomic E-state index is 14.3. The Labute approximate surface area is 207 Å². The summed E-state index contributed by atoms with van der Waals surface area (Å²) in [5.74, 6) is -1.47. The van der Waals surface area contributed by atoms with Crippen LogP contribution in [-0.4, -0.2) is 56.5 Å². The Hall–Kier alpha value is -1.87. The van der Waals surface area contributed by atoms with E-state index < -0.39 is 41.7 Å². The van der Waals surface area contributed by atoms with Crippen molar-refractivity contribution >= 4 is 27.7 Å². The lowest BCUT2D eigenvalue weighted by molar-refractivity contribution is -0.190. The molecule has 2 bridgehead atoms. The van der Waals surface area contributed by atoms with Gasteiger partial charge >= 0.3 is 5.97 Å². The van der Waals surface area contributed by atoms with Gasteiger partial charge in [0, 0.05) is 12.1 Å². The SMILES string of the molecule is CC1=C[C@]23C(=O)[C@@H](C=C(CO)[C@@H](O)[C@]2(O)[C@H]1OC(=O)c1ncccc1Br)[C@H]1[C@@H](C[C@H]3C)C1(C)C. The smallest absolute Gasteiger partial charge is 0.358 e. The quantitative estimate of drug-likeness (QED) is 0.405. The number of aliphatic hydroxyl groups is 3. The minimum absolute atomic E-state index is 0.0296. The number of ketones is 1. The number of fused-ring (bicyclic) bond motifs is 3. The van der Waals surface area contributed by atoms with Gasteiger partial charge in [-0.3, -0.25) is 4.79 Å². The third-order valence-corrected chi connectivity index (χ3v) is 9.71. The van der Waals surface area contributed by atoms with Crippen molar-refractivity contribution in [2.75, 3.05) is 6.61 Å². The molecule has 0 aromatic carbocycles. The number of halogens is 1. The number of carbonyl (C=O) groups is 2. The van der Waals surface area contributed by atoms with Gasteiger partial charge in [-0.1, -0.05) is 32.9 Å². The molecule has 34 heavy (non-hydrogen) atoms. The van der Waals surface area contributed by atoms with Crippen molar-refractivity contribution in [3.8, 4) is 0 Å². The van der Waals surface area contributed by atoms with Crippen molar-refractivity contribution < 1.29 is 29.6 Å². The van der Waals surface area contributed by atoms with Crippen molar-refractivity contribution in [3.63, 3.8) is 0 Å². The third kappa shape index (κ3) is 2.83. The number of carbonyl (C=O) groups excluding carboxylic acids is 2. The van der Waals surface area contributed by atoms with Gasteiger partial charge in [-0.2, -0.15) is 0 Å². The van der Waals surface area contributed by atoms with Crippen molar-refractivity contribution in [2.24, 2.45) is 34.5 Å². The highest BCUT2D eigenvalue weighted by Crippen LogP contribution is 2.71. The molecular weight excluding hydrogens is 502 g/mol. The monoisotopic (exact) mass is 531 g/mol. The van der Waals surface area contributed by atoms with E-state index >= 15 is 0 Å². The van der Waals surface area contributed by atoms with Crippen LogP contribution in [-0.2, 0) is 9.53 Å². The lowest BCUT2D eigenvalue weighted by Gasteiger charge is -2.48. The minimum Gasteiger partial charge on any atom is -0.450 e. The lowest BCUT2D eigenvalue weighted by Crippen LogP contribution is -2.65. The zero-order valence-electron chi connectivity index (χ0n) is 19.7. The van der Waals surface area contributed by atoms with E-state index in [-0.39, 0.29) is 40.2 Å². The number of aliphatic hydroxyl groups excluding tert-OH is 2. The summed E-state index contributed by atoms with van der Waals surface area (Å²) < 4.78 is 6.24. The number of allylic oxidation sites excluding steroid dienone is 1. The van der Waals surface area contributed by atoms with E-state index in [2.05, 4.69) is 34.8 Å². The van der Waals surface area contributed by atoms with Gasteiger partial charge in [-0.25, -0.2) is 9.78 Å². The van der Waals surface area contributed by atoms with E-state index in [1.54, 1.807) is 31.2 Å². The van der Waals surface area contributed by atoms with E-state index in [4.69, 9.17) is 4.74 Å². The Morgan fingerprint density at radius 2 is 2.06 bits per heavy atom. The molecule has 1 aromatic rings. The van der Waals surface area contributed by atoms with Crippen molar-refractivity contribution in [1.82, 2.24) is 4.98 Å². The molecule has 1 heterocycles. The molecule has 2 fully saturated rings. The van der Waals surface area contributed by atoms with E-state index in [0.717, 1.165) is 0 Å². The summed E-state index contributed by atoms with van der Waals surface area (Å²) in [5.41, 5.74) is -2.95. The van der Waals surface area contributed by atoms with Crippen molar-refractivity contribution in [3.05, 3.63) is 51.8 Å². The fourth-order valence-corrected chi connectivity index (χ4v) is 7.71. The Bertz CT molecular complexity index is 1140. The molecule has 1 aromatic heterocycles. The molecule has 0 aliphatic heterocycles. The fraction of sp³-hybridized carbons (Fsp3) is 0.577. The molecule has 1 spiro atoms. The van der Waals surface area contributed by atoms with Gasteiger partial charge in [0.25, 0.3) is 0 Å². The molecule has 8 atom stereocenters.